The molecule has 0 aliphatic heterocycles. The van der Waals surface area contributed by atoms with Crippen LogP contribution in [0.3, 0.4) is 0 Å². The van der Waals surface area contributed by atoms with Crippen molar-refractivity contribution in [2.24, 2.45) is 5.73 Å². The molecule has 0 aromatic heterocycles. The Morgan fingerprint density at radius 2 is 1.70 bits per heavy atom. The Morgan fingerprint density at radius 3 is 2.35 bits per heavy atom. The van der Waals surface area contributed by atoms with Gasteiger partial charge in [0.1, 0.15) is 11.5 Å². The molecule has 0 fully saturated rings. The van der Waals surface area contributed by atoms with Crippen molar-refractivity contribution in [2.45, 2.75) is 10.9 Å². The van der Waals surface area contributed by atoms with Crippen LogP contribution in [0, 0.1) is 0 Å². The fraction of sp³-hybridized carbons (Fsp3) is 0.250. The van der Waals surface area contributed by atoms with Crippen molar-refractivity contribution in [3.05, 3.63) is 54.1 Å². The monoisotopic (exact) mass is 289 g/mol. The largest absolute Gasteiger partial charge is 0.497 e. The predicted octanol–water partition coefficient (Wildman–Crippen LogP) is 3.50. The zero-order valence-corrected chi connectivity index (χ0v) is 12.5. The standard InChI is InChI=1S/C16H19NO2S/c1-18-12-7-9-13(10-8-12)20-11-15(17)14-5-3-4-6-16(14)19-2/h3-10,15H,11,17H2,1-2H3. The van der Waals surface area contributed by atoms with Gasteiger partial charge in [-0.05, 0) is 30.3 Å². The average Bonchev–Trinajstić information content (AvgIpc) is 2.53. The molecule has 20 heavy (non-hydrogen) atoms. The topological polar surface area (TPSA) is 44.5 Å². The summed E-state index contributed by atoms with van der Waals surface area (Å²) in [6.07, 6.45) is 0. The maximum atomic E-state index is 6.25. The number of para-hydroxylation sites is 1. The molecule has 2 rings (SSSR count). The molecule has 2 aromatic rings. The van der Waals surface area contributed by atoms with Crippen molar-refractivity contribution in [2.75, 3.05) is 20.0 Å². The fourth-order valence-corrected chi connectivity index (χ4v) is 2.80. The first-order valence-electron chi connectivity index (χ1n) is 6.40. The van der Waals surface area contributed by atoms with E-state index in [1.807, 2.05) is 48.5 Å². The van der Waals surface area contributed by atoms with Gasteiger partial charge < -0.3 is 15.2 Å². The third-order valence-electron chi connectivity index (χ3n) is 3.03. The van der Waals surface area contributed by atoms with E-state index in [2.05, 4.69) is 0 Å². The molecular weight excluding hydrogens is 270 g/mol. The van der Waals surface area contributed by atoms with Gasteiger partial charge in [-0.15, -0.1) is 11.8 Å². The quantitative estimate of drug-likeness (QED) is 0.827. The molecule has 4 heteroatoms. The maximum Gasteiger partial charge on any atom is 0.123 e. The van der Waals surface area contributed by atoms with Gasteiger partial charge in [0.05, 0.1) is 14.2 Å². The van der Waals surface area contributed by atoms with E-state index in [-0.39, 0.29) is 6.04 Å². The normalized spacial score (nSPS) is 11.9. The second-order valence-corrected chi connectivity index (χ2v) is 5.43. The van der Waals surface area contributed by atoms with E-state index in [0.717, 1.165) is 22.8 Å². The Labute approximate surface area is 124 Å². The summed E-state index contributed by atoms with van der Waals surface area (Å²) >= 11 is 1.73. The first kappa shape index (κ1) is 14.8. The lowest BCUT2D eigenvalue weighted by Crippen LogP contribution is -2.14. The summed E-state index contributed by atoms with van der Waals surface area (Å²) < 4.78 is 10.5. The summed E-state index contributed by atoms with van der Waals surface area (Å²) in [7, 11) is 3.34. The fourth-order valence-electron chi connectivity index (χ4n) is 1.92. The van der Waals surface area contributed by atoms with Gasteiger partial charge in [0, 0.05) is 22.3 Å². The summed E-state index contributed by atoms with van der Waals surface area (Å²) in [5.41, 5.74) is 7.29. The van der Waals surface area contributed by atoms with Gasteiger partial charge >= 0.3 is 0 Å². The lowest BCUT2D eigenvalue weighted by Gasteiger charge is -2.15. The Hall–Kier alpha value is -1.65. The minimum atomic E-state index is -0.0572. The number of methoxy groups -OCH3 is 2. The molecule has 0 radical (unpaired) electrons. The van der Waals surface area contributed by atoms with Gasteiger partial charge in [-0.2, -0.15) is 0 Å². The van der Waals surface area contributed by atoms with Gasteiger partial charge in [0.2, 0.25) is 0 Å². The van der Waals surface area contributed by atoms with Crippen molar-refractivity contribution in [3.63, 3.8) is 0 Å². The number of rotatable bonds is 6. The summed E-state index contributed by atoms with van der Waals surface area (Å²) in [4.78, 5) is 1.18. The molecule has 3 nitrogen and oxygen atoms in total. The van der Waals surface area contributed by atoms with Crippen molar-refractivity contribution < 1.29 is 9.47 Å². The predicted molar refractivity (Wildman–Crippen MR) is 83.6 cm³/mol. The minimum absolute atomic E-state index is 0.0572. The molecule has 2 aromatic carbocycles. The molecule has 2 N–H and O–H groups in total. The number of thioether (sulfide) groups is 1. The Balaban J connectivity index is 1.98. The van der Waals surface area contributed by atoms with Gasteiger partial charge in [0.25, 0.3) is 0 Å². The smallest absolute Gasteiger partial charge is 0.123 e. The molecule has 0 aliphatic carbocycles. The van der Waals surface area contributed by atoms with Crippen LogP contribution in [0.5, 0.6) is 11.5 Å². The van der Waals surface area contributed by atoms with E-state index in [1.165, 1.54) is 4.90 Å². The van der Waals surface area contributed by atoms with Crippen molar-refractivity contribution >= 4 is 11.8 Å². The highest BCUT2D eigenvalue weighted by molar-refractivity contribution is 7.99. The van der Waals surface area contributed by atoms with Crippen LogP contribution in [0.2, 0.25) is 0 Å². The zero-order valence-electron chi connectivity index (χ0n) is 11.7. The highest BCUT2D eigenvalue weighted by atomic mass is 32.2. The number of hydrogen-bond acceptors (Lipinski definition) is 4. The van der Waals surface area contributed by atoms with E-state index in [1.54, 1.807) is 26.0 Å². The Kier molecular flexibility index (Phi) is 5.32. The molecular formula is C16H19NO2S. The molecule has 0 heterocycles. The summed E-state index contributed by atoms with van der Waals surface area (Å²) in [6, 6.07) is 15.8. The van der Waals surface area contributed by atoms with Crippen LogP contribution in [0.15, 0.2) is 53.4 Å². The van der Waals surface area contributed by atoms with Crippen LogP contribution in [-0.4, -0.2) is 20.0 Å². The summed E-state index contributed by atoms with van der Waals surface area (Å²) in [6.45, 7) is 0. The van der Waals surface area contributed by atoms with Crippen molar-refractivity contribution in [1.82, 2.24) is 0 Å². The SMILES string of the molecule is COc1ccc(SCC(N)c2ccccc2OC)cc1. The highest BCUT2D eigenvalue weighted by Crippen LogP contribution is 2.29. The van der Waals surface area contributed by atoms with Crippen LogP contribution in [0.1, 0.15) is 11.6 Å². The van der Waals surface area contributed by atoms with Crippen LogP contribution >= 0.6 is 11.8 Å². The molecule has 0 aliphatic rings. The van der Waals surface area contributed by atoms with E-state index < -0.39 is 0 Å². The van der Waals surface area contributed by atoms with Gasteiger partial charge in [0.15, 0.2) is 0 Å². The molecule has 0 saturated heterocycles. The maximum absolute atomic E-state index is 6.25. The third-order valence-corrected chi connectivity index (χ3v) is 4.16. The van der Waals surface area contributed by atoms with Crippen molar-refractivity contribution in [3.8, 4) is 11.5 Å². The first-order chi connectivity index (χ1) is 9.74. The molecule has 1 atom stereocenters. The number of nitrogens with two attached hydrogens (primary N) is 1. The second-order valence-electron chi connectivity index (χ2n) is 4.33. The molecule has 0 amide bonds. The lowest BCUT2D eigenvalue weighted by molar-refractivity contribution is 0.407. The van der Waals surface area contributed by atoms with E-state index in [4.69, 9.17) is 15.2 Å². The average molecular weight is 289 g/mol. The van der Waals surface area contributed by atoms with Crippen LogP contribution < -0.4 is 15.2 Å². The first-order valence-corrected chi connectivity index (χ1v) is 7.38. The van der Waals surface area contributed by atoms with Gasteiger partial charge in [-0.1, -0.05) is 18.2 Å². The lowest BCUT2D eigenvalue weighted by atomic mass is 10.1. The summed E-state index contributed by atoms with van der Waals surface area (Å²) in [5, 5.41) is 0. The van der Waals surface area contributed by atoms with Gasteiger partial charge in [-0.25, -0.2) is 0 Å². The molecule has 1 unspecified atom stereocenters. The molecule has 0 saturated carbocycles. The minimum Gasteiger partial charge on any atom is -0.497 e. The van der Waals surface area contributed by atoms with Gasteiger partial charge in [-0.3, -0.25) is 0 Å². The molecule has 0 spiro atoms. The number of benzene rings is 2. The van der Waals surface area contributed by atoms with E-state index >= 15 is 0 Å². The molecule has 0 bridgehead atoms. The van der Waals surface area contributed by atoms with E-state index in [9.17, 15) is 0 Å². The van der Waals surface area contributed by atoms with E-state index in [0.29, 0.717) is 0 Å². The second kappa shape index (κ2) is 7.22. The highest BCUT2D eigenvalue weighted by Gasteiger charge is 2.11. The Morgan fingerprint density at radius 1 is 1.00 bits per heavy atom. The van der Waals surface area contributed by atoms with Crippen LogP contribution in [0.25, 0.3) is 0 Å². The zero-order chi connectivity index (χ0) is 14.4. The third kappa shape index (κ3) is 3.68. The molecule has 106 valence electrons. The van der Waals surface area contributed by atoms with Crippen LogP contribution in [-0.2, 0) is 0 Å². The Bertz CT molecular complexity index is 542. The van der Waals surface area contributed by atoms with Crippen LogP contribution in [0.4, 0.5) is 0 Å². The van der Waals surface area contributed by atoms with Crippen molar-refractivity contribution in [1.29, 1.82) is 0 Å². The number of hydrogen-bond donors (Lipinski definition) is 1. The number of ether oxygens (including phenoxy) is 2. The summed E-state index contributed by atoms with van der Waals surface area (Å²) in [5.74, 6) is 2.51.